The molecule has 1 aliphatic rings. The number of rotatable bonds is 2. The molecule has 0 atom stereocenters. The molecule has 2 aromatic rings. The fourth-order valence-corrected chi connectivity index (χ4v) is 2.62. The van der Waals surface area contributed by atoms with E-state index in [0.29, 0.717) is 5.56 Å². The number of fused-ring (bicyclic) bond motifs is 2. The van der Waals surface area contributed by atoms with Crippen molar-refractivity contribution in [3.63, 3.8) is 0 Å². The third kappa shape index (κ3) is 1.77. The summed E-state index contributed by atoms with van der Waals surface area (Å²) in [7, 11) is 0. The Kier molecular flexibility index (Phi) is 2.96. The number of carbonyl (C=O) groups is 1. The van der Waals surface area contributed by atoms with Crippen LogP contribution in [0.5, 0.6) is 0 Å². The molecule has 0 saturated heterocycles. The molecule has 0 spiro atoms. The van der Waals surface area contributed by atoms with Gasteiger partial charge in [0, 0.05) is 5.56 Å². The van der Waals surface area contributed by atoms with Crippen LogP contribution in [0.3, 0.4) is 0 Å². The van der Waals surface area contributed by atoms with E-state index >= 15 is 0 Å². The van der Waals surface area contributed by atoms with Crippen LogP contribution in [0.4, 0.5) is 5.82 Å². The van der Waals surface area contributed by atoms with E-state index in [2.05, 4.69) is 10.1 Å². The normalized spacial score (nSPS) is 14.2. The molecule has 7 heteroatoms. The summed E-state index contributed by atoms with van der Waals surface area (Å²) in [5.41, 5.74) is 7.50. The molecule has 0 unspecified atom stereocenters. The molecule has 7 nitrogen and oxygen atoms in total. The highest BCUT2D eigenvalue weighted by Crippen LogP contribution is 2.21. The summed E-state index contributed by atoms with van der Waals surface area (Å²) in [4.78, 5) is 28.8. The summed E-state index contributed by atoms with van der Waals surface area (Å²) in [6.07, 6.45) is 3.47. The maximum absolute atomic E-state index is 12.4. The molecule has 0 saturated carbocycles. The number of nitrogens with one attached hydrogen (secondary N) is 1. The largest absolute Gasteiger partial charge is 0.462 e. The number of ether oxygens (including phenoxy) is 1. The number of esters is 1. The first-order valence-corrected chi connectivity index (χ1v) is 6.72. The highest BCUT2D eigenvalue weighted by molar-refractivity contribution is 6.00. The second-order valence-electron chi connectivity index (χ2n) is 4.83. The lowest BCUT2D eigenvalue weighted by atomic mass is 9.97. The molecular formula is C13H16N4O3. The zero-order valence-electron chi connectivity index (χ0n) is 11.2. The van der Waals surface area contributed by atoms with E-state index in [1.165, 1.54) is 4.52 Å². The smallest absolute Gasteiger partial charge is 0.345 e. The number of aryl methyl sites for hydroxylation is 1. The predicted octanol–water partition coefficient (Wildman–Crippen LogP) is 0.660. The molecule has 20 heavy (non-hydrogen) atoms. The molecule has 1 aliphatic carbocycles. The zero-order valence-corrected chi connectivity index (χ0v) is 11.2. The van der Waals surface area contributed by atoms with Gasteiger partial charge in [-0.1, -0.05) is 0 Å². The molecule has 0 bridgehead atoms. The minimum atomic E-state index is -0.564. The number of hydrogen-bond acceptors (Lipinski definition) is 5. The summed E-state index contributed by atoms with van der Waals surface area (Å²) in [5, 5.41) is 2.70. The van der Waals surface area contributed by atoms with Gasteiger partial charge in [0.15, 0.2) is 5.65 Å². The first-order valence-electron chi connectivity index (χ1n) is 6.72. The van der Waals surface area contributed by atoms with E-state index in [0.717, 1.165) is 31.4 Å². The van der Waals surface area contributed by atoms with Crippen LogP contribution in [-0.2, 0) is 17.6 Å². The fraction of sp³-hybridized carbons (Fsp3) is 0.462. The van der Waals surface area contributed by atoms with Gasteiger partial charge in [0.25, 0.3) is 5.56 Å². The predicted molar refractivity (Wildman–Crippen MR) is 72.8 cm³/mol. The van der Waals surface area contributed by atoms with E-state index in [1.54, 1.807) is 6.92 Å². The Labute approximate surface area is 114 Å². The Bertz CT molecular complexity index is 744. The average Bonchev–Trinajstić information content (AvgIpc) is 2.76. The van der Waals surface area contributed by atoms with E-state index < -0.39 is 5.97 Å². The summed E-state index contributed by atoms with van der Waals surface area (Å²) in [6.45, 7) is 1.95. The summed E-state index contributed by atoms with van der Waals surface area (Å²) in [5.74, 6) is -0.457. The Balaban J connectivity index is 2.28. The summed E-state index contributed by atoms with van der Waals surface area (Å²) >= 11 is 0. The van der Waals surface area contributed by atoms with E-state index in [1.807, 2.05) is 0 Å². The molecule has 106 valence electrons. The van der Waals surface area contributed by atoms with Gasteiger partial charge in [0.2, 0.25) is 0 Å². The fourth-order valence-electron chi connectivity index (χ4n) is 2.62. The third-order valence-electron chi connectivity index (χ3n) is 3.56. The van der Waals surface area contributed by atoms with Crippen LogP contribution in [0.25, 0.3) is 5.65 Å². The highest BCUT2D eigenvalue weighted by Gasteiger charge is 2.24. The maximum atomic E-state index is 12.4. The van der Waals surface area contributed by atoms with Crippen LogP contribution in [-0.4, -0.2) is 27.2 Å². The Morgan fingerprint density at radius 3 is 2.95 bits per heavy atom. The quantitative estimate of drug-likeness (QED) is 0.784. The van der Waals surface area contributed by atoms with Gasteiger partial charge in [0.05, 0.1) is 12.3 Å². The van der Waals surface area contributed by atoms with Crippen molar-refractivity contribution < 1.29 is 9.53 Å². The molecular weight excluding hydrogens is 260 g/mol. The molecule has 0 aromatic carbocycles. The summed E-state index contributed by atoms with van der Waals surface area (Å²) in [6, 6.07) is 0. The van der Waals surface area contributed by atoms with Gasteiger partial charge in [-0.3, -0.25) is 9.89 Å². The minimum Gasteiger partial charge on any atom is -0.462 e. The van der Waals surface area contributed by atoms with E-state index in [4.69, 9.17) is 10.5 Å². The molecule has 0 amide bonds. The van der Waals surface area contributed by atoms with E-state index in [-0.39, 0.29) is 29.2 Å². The molecule has 2 aromatic heterocycles. The van der Waals surface area contributed by atoms with Gasteiger partial charge in [-0.15, -0.1) is 0 Å². The number of H-pyrrole nitrogens is 1. The molecule has 0 fully saturated rings. The molecule has 3 N–H and O–H groups in total. The maximum Gasteiger partial charge on any atom is 0.345 e. The first kappa shape index (κ1) is 12.7. The van der Waals surface area contributed by atoms with Gasteiger partial charge >= 0.3 is 5.97 Å². The Morgan fingerprint density at radius 2 is 2.20 bits per heavy atom. The van der Waals surface area contributed by atoms with Crippen molar-refractivity contribution in [2.75, 3.05) is 12.3 Å². The van der Waals surface area contributed by atoms with Crippen molar-refractivity contribution in [2.24, 2.45) is 0 Å². The van der Waals surface area contributed by atoms with Gasteiger partial charge in [-0.2, -0.15) is 4.52 Å². The minimum absolute atomic E-state index is 0.107. The molecule has 3 rings (SSSR count). The van der Waals surface area contributed by atoms with Crippen LogP contribution in [0.1, 0.15) is 41.4 Å². The van der Waals surface area contributed by atoms with Crippen LogP contribution in [0.15, 0.2) is 4.79 Å². The highest BCUT2D eigenvalue weighted by atomic mass is 16.5. The number of anilines is 1. The van der Waals surface area contributed by atoms with Gasteiger partial charge in [0.1, 0.15) is 11.4 Å². The zero-order chi connectivity index (χ0) is 14.3. The average molecular weight is 276 g/mol. The van der Waals surface area contributed by atoms with Crippen molar-refractivity contribution in [3.8, 4) is 0 Å². The first-order chi connectivity index (χ1) is 9.63. The van der Waals surface area contributed by atoms with Crippen LogP contribution in [0, 0.1) is 0 Å². The van der Waals surface area contributed by atoms with Gasteiger partial charge < -0.3 is 10.5 Å². The van der Waals surface area contributed by atoms with Gasteiger partial charge in [-0.05, 0) is 32.6 Å². The number of nitrogens with two attached hydrogens (primary N) is 1. The number of nitrogen functional groups attached to an aromatic ring is 1. The monoisotopic (exact) mass is 276 g/mol. The van der Waals surface area contributed by atoms with E-state index in [9.17, 15) is 9.59 Å². The number of aromatic amines is 1. The topological polar surface area (TPSA) is 102 Å². The second kappa shape index (κ2) is 4.66. The lowest BCUT2D eigenvalue weighted by molar-refractivity contribution is 0.0529. The van der Waals surface area contributed by atoms with Crippen molar-refractivity contribution in [1.29, 1.82) is 0 Å². The Hall–Kier alpha value is -2.31. The number of carbonyl (C=O) groups excluding carboxylic acids is 1. The van der Waals surface area contributed by atoms with Crippen LogP contribution >= 0.6 is 0 Å². The second-order valence-corrected chi connectivity index (χ2v) is 4.83. The van der Waals surface area contributed by atoms with Crippen LogP contribution in [0.2, 0.25) is 0 Å². The Morgan fingerprint density at radius 1 is 1.45 bits per heavy atom. The standard InChI is InChI=1S/C13H16N4O3/c1-2-20-13(19)9-10(14)16-17-11(9)15-8-6-4-3-5-7(8)12(17)18/h16H,2-6,14H2,1H3. The van der Waals surface area contributed by atoms with Crippen molar-refractivity contribution in [2.45, 2.75) is 32.6 Å². The molecule has 2 heterocycles. The number of nitrogens with zero attached hydrogens (tertiary/aromatic N) is 2. The molecule has 0 radical (unpaired) electrons. The lowest BCUT2D eigenvalue weighted by Crippen LogP contribution is -2.25. The molecule has 0 aliphatic heterocycles. The lowest BCUT2D eigenvalue weighted by Gasteiger charge is -2.13. The van der Waals surface area contributed by atoms with Crippen LogP contribution < -0.4 is 11.3 Å². The SMILES string of the molecule is CCOC(=O)c1c(N)[nH]n2c(=O)c3c(nc12)CCCC3. The number of aromatic nitrogens is 3. The van der Waals surface area contributed by atoms with Gasteiger partial charge in [-0.25, -0.2) is 9.78 Å². The third-order valence-corrected chi connectivity index (χ3v) is 3.56. The van der Waals surface area contributed by atoms with Crippen molar-refractivity contribution in [1.82, 2.24) is 14.6 Å². The summed E-state index contributed by atoms with van der Waals surface area (Å²) < 4.78 is 6.21. The van der Waals surface area contributed by atoms with Crippen molar-refractivity contribution in [3.05, 3.63) is 27.2 Å². The van der Waals surface area contributed by atoms with Crippen molar-refractivity contribution >= 4 is 17.4 Å². The number of hydrogen-bond donors (Lipinski definition) is 2.